The minimum absolute atomic E-state index is 0.0776. The summed E-state index contributed by atoms with van der Waals surface area (Å²) in [6.45, 7) is 0. The van der Waals surface area contributed by atoms with Gasteiger partial charge in [-0.05, 0) is 36.4 Å². The van der Waals surface area contributed by atoms with Crippen LogP contribution in [0.2, 0.25) is 10.0 Å². The molecule has 3 rings (SSSR count). The van der Waals surface area contributed by atoms with Crippen LogP contribution in [0.1, 0.15) is 0 Å². The van der Waals surface area contributed by atoms with E-state index in [9.17, 15) is 9.18 Å². The molecule has 0 saturated carbocycles. The topological polar surface area (TPSA) is 55.1 Å². The van der Waals surface area contributed by atoms with Crippen LogP contribution in [0.25, 0.3) is 11.1 Å². The highest BCUT2D eigenvalue weighted by molar-refractivity contribution is 7.99. The van der Waals surface area contributed by atoms with E-state index in [1.54, 1.807) is 18.2 Å². The van der Waals surface area contributed by atoms with Crippen LogP contribution in [-0.2, 0) is 4.79 Å². The summed E-state index contributed by atoms with van der Waals surface area (Å²) in [4.78, 5) is 16.2. The van der Waals surface area contributed by atoms with Gasteiger partial charge in [0.1, 0.15) is 11.3 Å². The van der Waals surface area contributed by atoms with E-state index in [0.29, 0.717) is 27.0 Å². The molecule has 0 fully saturated rings. The van der Waals surface area contributed by atoms with Gasteiger partial charge < -0.3 is 9.73 Å². The Morgan fingerprint density at radius 3 is 2.87 bits per heavy atom. The highest BCUT2D eigenvalue weighted by atomic mass is 35.5. The molecule has 0 aliphatic rings. The van der Waals surface area contributed by atoms with Gasteiger partial charge >= 0.3 is 0 Å². The maximum atomic E-state index is 13.0. The first kappa shape index (κ1) is 16.1. The summed E-state index contributed by atoms with van der Waals surface area (Å²) in [6.07, 6.45) is 0. The number of nitrogens with one attached hydrogen (secondary N) is 1. The summed E-state index contributed by atoms with van der Waals surface area (Å²) in [5.41, 5.74) is 1.57. The van der Waals surface area contributed by atoms with Crippen LogP contribution in [0, 0.1) is 5.82 Å². The van der Waals surface area contributed by atoms with Gasteiger partial charge in [0.2, 0.25) is 5.91 Å². The first-order valence-electron chi connectivity index (χ1n) is 6.45. The molecular weight excluding hydrogens is 362 g/mol. The van der Waals surface area contributed by atoms with Crippen molar-refractivity contribution in [2.45, 2.75) is 5.22 Å². The van der Waals surface area contributed by atoms with E-state index in [2.05, 4.69) is 10.3 Å². The molecule has 8 heteroatoms. The Kier molecular flexibility index (Phi) is 4.75. The van der Waals surface area contributed by atoms with Gasteiger partial charge in [-0.15, -0.1) is 0 Å². The number of halogens is 3. The lowest BCUT2D eigenvalue weighted by Gasteiger charge is -2.06. The molecule has 1 N–H and O–H groups in total. The lowest BCUT2D eigenvalue weighted by atomic mass is 10.3. The maximum Gasteiger partial charge on any atom is 0.257 e. The van der Waals surface area contributed by atoms with Crippen molar-refractivity contribution in [3.05, 3.63) is 52.3 Å². The molecule has 1 heterocycles. The molecule has 23 heavy (non-hydrogen) atoms. The average molecular weight is 371 g/mol. The zero-order valence-corrected chi connectivity index (χ0v) is 13.8. The van der Waals surface area contributed by atoms with Gasteiger partial charge in [-0.1, -0.05) is 35.0 Å². The number of hydrogen-bond acceptors (Lipinski definition) is 4. The van der Waals surface area contributed by atoms with Crippen LogP contribution in [0.4, 0.5) is 10.1 Å². The molecule has 3 aromatic rings. The molecule has 2 aromatic carbocycles. The number of fused-ring (bicyclic) bond motifs is 1. The Balaban J connectivity index is 1.63. The van der Waals surface area contributed by atoms with Gasteiger partial charge in [-0.3, -0.25) is 4.79 Å². The van der Waals surface area contributed by atoms with Gasteiger partial charge in [0.05, 0.1) is 16.5 Å². The second-order valence-corrected chi connectivity index (χ2v) is 6.32. The van der Waals surface area contributed by atoms with Crippen molar-refractivity contribution >= 4 is 57.7 Å². The van der Waals surface area contributed by atoms with E-state index in [0.717, 1.165) is 17.8 Å². The third-order valence-electron chi connectivity index (χ3n) is 2.86. The molecule has 118 valence electrons. The smallest absolute Gasteiger partial charge is 0.257 e. The standard InChI is InChI=1S/C15H9Cl2FN2O2S/c16-8-1-4-13-12(5-8)20-15(22-13)23-7-14(21)19-11-3-2-9(18)6-10(11)17/h1-6H,7H2,(H,19,21). The Bertz CT molecular complexity index is 885. The van der Waals surface area contributed by atoms with E-state index >= 15 is 0 Å². The Morgan fingerprint density at radius 2 is 2.09 bits per heavy atom. The average Bonchev–Trinajstić information content (AvgIpc) is 2.90. The maximum absolute atomic E-state index is 13.0. The molecular formula is C15H9Cl2FN2O2S. The Labute approximate surface area is 145 Å². The predicted molar refractivity (Wildman–Crippen MR) is 89.8 cm³/mol. The van der Waals surface area contributed by atoms with Gasteiger partial charge in [-0.2, -0.15) is 0 Å². The number of carbonyl (C=O) groups excluding carboxylic acids is 1. The van der Waals surface area contributed by atoms with Gasteiger partial charge in [0.25, 0.3) is 5.22 Å². The quantitative estimate of drug-likeness (QED) is 0.656. The summed E-state index contributed by atoms with van der Waals surface area (Å²) >= 11 is 12.9. The van der Waals surface area contributed by atoms with E-state index in [1.807, 2.05) is 0 Å². The first-order chi connectivity index (χ1) is 11.0. The van der Waals surface area contributed by atoms with E-state index in [1.165, 1.54) is 12.1 Å². The van der Waals surface area contributed by atoms with Crippen molar-refractivity contribution < 1.29 is 13.6 Å². The number of anilines is 1. The SMILES string of the molecule is O=C(CSc1nc2cc(Cl)ccc2o1)Nc1ccc(F)cc1Cl. The second-order valence-electron chi connectivity index (χ2n) is 4.55. The molecule has 1 aromatic heterocycles. The minimum Gasteiger partial charge on any atom is -0.431 e. The van der Waals surface area contributed by atoms with Crippen LogP contribution in [0.5, 0.6) is 0 Å². The zero-order chi connectivity index (χ0) is 16.4. The highest BCUT2D eigenvalue weighted by Gasteiger charge is 2.11. The zero-order valence-electron chi connectivity index (χ0n) is 11.5. The number of benzene rings is 2. The monoisotopic (exact) mass is 370 g/mol. The third-order valence-corrected chi connectivity index (χ3v) is 4.24. The van der Waals surface area contributed by atoms with Crippen molar-refractivity contribution in [3.63, 3.8) is 0 Å². The van der Waals surface area contributed by atoms with Crippen molar-refractivity contribution in [3.8, 4) is 0 Å². The number of nitrogens with zero attached hydrogens (tertiary/aromatic N) is 1. The number of oxazole rings is 1. The molecule has 0 unspecified atom stereocenters. The Morgan fingerprint density at radius 1 is 1.26 bits per heavy atom. The fraction of sp³-hybridized carbons (Fsp3) is 0.0667. The fourth-order valence-electron chi connectivity index (χ4n) is 1.85. The van der Waals surface area contributed by atoms with Crippen LogP contribution >= 0.6 is 35.0 Å². The number of aromatic nitrogens is 1. The molecule has 4 nitrogen and oxygen atoms in total. The summed E-state index contributed by atoms with van der Waals surface area (Å²) in [7, 11) is 0. The van der Waals surface area contributed by atoms with Crippen LogP contribution < -0.4 is 5.32 Å². The number of carbonyl (C=O) groups is 1. The molecule has 0 atom stereocenters. The highest BCUT2D eigenvalue weighted by Crippen LogP contribution is 2.26. The summed E-state index contributed by atoms with van der Waals surface area (Å²) in [5.74, 6) is -0.690. The lowest BCUT2D eigenvalue weighted by Crippen LogP contribution is -2.14. The number of hydrogen-bond donors (Lipinski definition) is 1. The number of thioether (sulfide) groups is 1. The van der Waals surface area contributed by atoms with Crippen molar-refractivity contribution in [2.24, 2.45) is 0 Å². The normalized spacial score (nSPS) is 10.9. The van der Waals surface area contributed by atoms with Crippen molar-refractivity contribution in [1.82, 2.24) is 4.98 Å². The summed E-state index contributed by atoms with van der Waals surface area (Å²) in [5, 5.41) is 3.67. The molecule has 1 amide bonds. The molecule has 0 spiro atoms. The van der Waals surface area contributed by atoms with E-state index in [-0.39, 0.29) is 16.7 Å². The van der Waals surface area contributed by atoms with Crippen LogP contribution in [0.15, 0.2) is 46.0 Å². The van der Waals surface area contributed by atoms with Crippen molar-refractivity contribution in [1.29, 1.82) is 0 Å². The lowest BCUT2D eigenvalue weighted by molar-refractivity contribution is -0.113. The summed E-state index contributed by atoms with van der Waals surface area (Å²) < 4.78 is 18.5. The van der Waals surface area contributed by atoms with Gasteiger partial charge in [0.15, 0.2) is 5.58 Å². The minimum atomic E-state index is -0.465. The largest absolute Gasteiger partial charge is 0.431 e. The van der Waals surface area contributed by atoms with Crippen LogP contribution in [-0.4, -0.2) is 16.6 Å². The van der Waals surface area contributed by atoms with Crippen molar-refractivity contribution in [2.75, 3.05) is 11.1 Å². The Hall–Kier alpha value is -1.76. The molecule has 0 aliphatic heterocycles. The van der Waals surface area contributed by atoms with E-state index in [4.69, 9.17) is 27.6 Å². The van der Waals surface area contributed by atoms with E-state index < -0.39 is 5.82 Å². The van der Waals surface area contributed by atoms with Gasteiger partial charge in [-0.25, -0.2) is 9.37 Å². The number of amides is 1. The molecule has 0 saturated heterocycles. The molecule has 0 bridgehead atoms. The van der Waals surface area contributed by atoms with Gasteiger partial charge in [0, 0.05) is 5.02 Å². The second kappa shape index (κ2) is 6.78. The third kappa shape index (κ3) is 3.96. The predicted octanol–water partition coefficient (Wildman–Crippen LogP) is 5.00. The molecule has 0 radical (unpaired) electrons. The first-order valence-corrected chi connectivity index (χ1v) is 8.19. The summed E-state index contributed by atoms with van der Waals surface area (Å²) in [6, 6.07) is 8.86. The van der Waals surface area contributed by atoms with Crippen LogP contribution in [0.3, 0.4) is 0 Å². The fourth-order valence-corrected chi connectivity index (χ4v) is 2.86. The number of rotatable bonds is 4. The molecule has 0 aliphatic carbocycles.